The number of carbonyl (C=O) groups is 2. The molecule has 2 aromatic carbocycles. The maximum Gasteiger partial charge on any atom is 0.410 e. The fourth-order valence-electron chi connectivity index (χ4n) is 4.39. The fraction of sp³-hybridized carbons (Fsp3) is 0.300. The van der Waals surface area contributed by atoms with Gasteiger partial charge in [0.15, 0.2) is 0 Å². The number of nitrogens with zero attached hydrogens (tertiary/aromatic N) is 1. The van der Waals surface area contributed by atoms with Crippen LogP contribution in [-0.4, -0.2) is 40.8 Å². The van der Waals surface area contributed by atoms with Gasteiger partial charge in [0.05, 0.1) is 0 Å². The second-order valence-electron chi connectivity index (χ2n) is 6.96. The molecule has 1 heterocycles. The van der Waals surface area contributed by atoms with Gasteiger partial charge in [-0.25, -0.2) is 9.59 Å². The van der Waals surface area contributed by atoms with Gasteiger partial charge in [0.25, 0.3) is 0 Å². The summed E-state index contributed by atoms with van der Waals surface area (Å²) in [6.45, 7) is 0.229. The Kier molecular flexibility index (Phi) is 2.95. The van der Waals surface area contributed by atoms with Gasteiger partial charge < -0.3 is 9.84 Å². The fourth-order valence-corrected chi connectivity index (χ4v) is 4.39. The lowest BCUT2D eigenvalue weighted by atomic mass is 9.98. The summed E-state index contributed by atoms with van der Waals surface area (Å²) < 4.78 is 5.54. The molecule has 0 unspecified atom stereocenters. The number of likely N-dealkylation sites (tertiary alicyclic amines) is 1. The van der Waals surface area contributed by atoms with Crippen molar-refractivity contribution < 1.29 is 19.4 Å². The molecule has 0 aromatic heterocycles. The molecule has 2 fully saturated rings. The SMILES string of the molecule is O=C(O)[C@@H]1[C@@H]2C[C@@H]2N1C(=O)OCC1c2ccccc2-c2ccccc21. The Morgan fingerprint density at radius 2 is 1.64 bits per heavy atom. The van der Waals surface area contributed by atoms with Crippen LogP contribution < -0.4 is 0 Å². The first-order valence-electron chi connectivity index (χ1n) is 8.53. The zero-order chi connectivity index (χ0) is 17.1. The van der Waals surface area contributed by atoms with Gasteiger partial charge in [0.1, 0.15) is 12.6 Å². The molecule has 1 saturated heterocycles. The first-order chi connectivity index (χ1) is 12.2. The van der Waals surface area contributed by atoms with Gasteiger partial charge in [-0.2, -0.15) is 0 Å². The lowest BCUT2D eigenvalue weighted by molar-refractivity contribution is -0.147. The van der Waals surface area contributed by atoms with E-state index in [0.29, 0.717) is 0 Å². The van der Waals surface area contributed by atoms with Crippen molar-refractivity contribution in [2.75, 3.05) is 6.61 Å². The quantitative estimate of drug-likeness (QED) is 0.936. The van der Waals surface area contributed by atoms with Gasteiger partial charge in [0, 0.05) is 17.9 Å². The van der Waals surface area contributed by atoms with Crippen molar-refractivity contribution in [2.45, 2.75) is 24.4 Å². The Bertz CT molecular complexity index is 847. The number of hydrogen-bond donors (Lipinski definition) is 1. The average molecular weight is 335 g/mol. The van der Waals surface area contributed by atoms with Crippen molar-refractivity contribution >= 4 is 12.1 Å². The van der Waals surface area contributed by atoms with Crippen molar-refractivity contribution in [3.8, 4) is 11.1 Å². The molecule has 0 spiro atoms. The number of amides is 1. The highest BCUT2D eigenvalue weighted by Crippen LogP contribution is 2.52. The summed E-state index contributed by atoms with van der Waals surface area (Å²) in [5, 5.41) is 9.24. The summed E-state index contributed by atoms with van der Waals surface area (Å²) >= 11 is 0. The highest BCUT2D eigenvalue weighted by molar-refractivity contribution is 5.85. The summed E-state index contributed by atoms with van der Waals surface area (Å²) in [6, 6.07) is 15.7. The lowest BCUT2D eigenvalue weighted by Gasteiger charge is -2.36. The molecule has 1 amide bonds. The molecule has 3 aliphatic rings. The molecule has 2 aromatic rings. The van der Waals surface area contributed by atoms with Crippen molar-refractivity contribution in [2.24, 2.45) is 5.92 Å². The molecule has 1 saturated carbocycles. The van der Waals surface area contributed by atoms with Crippen molar-refractivity contribution in [3.05, 3.63) is 59.7 Å². The molecule has 1 N–H and O–H groups in total. The predicted molar refractivity (Wildman–Crippen MR) is 90.2 cm³/mol. The van der Waals surface area contributed by atoms with Crippen molar-refractivity contribution in [3.63, 3.8) is 0 Å². The van der Waals surface area contributed by atoms with E-state index in [1.807, 2.05) is 24.3 Å². The minimum absolute atomic E-state index is 0.00379. The van der Waals surface area contributed by atoms with E-state index >= 15 is 0 Å². The normalized spacial score (nSPS) is 25.4. The van der Waals surface area contributed by atoms with E-state index in [1.165, 1.54) is 16.0 Å². The van der Waals surface area contributed by atoms with Crippen LogP contribution in [0.5, 0.6) is 0 Å². The van der Waals surface area contributed by atoms with Crippen LogP contribution in [0.4, 0.5) is 4.79 Å². The largest absolute Gasteiger partial charge is 0.480 e. The van der Waals surface area contributed by atoms with Crippen LogP contribution in [0.1, 0.15) is 23.5 Å². The Balaban J connectivity index is 1.36. The van der Waals surface area contributed by atoms with E-state index in [0.717, 1.165) is 17.5 Å². The number of carboxylic acid groups (broad SMARTS) is 1. The minimum Gasteiger partial charge on any atom is -0.480 e. The zero-order valence-electron chi connectivity index (χ0n) is 13.5. The van der Waals surface area contributed by atoms with Crippen molar-refractivity contribution in [1.82, 2.24) is 4.90 Å². The Hall–Kier alpha value is -2.82. The third kappa shape index (κ3) is 2.02. The van der Waals surface area contributed by atoms with Crippen LogP contribution in [0.25, 0.3) is 11.1 Å². The molecule has 0 bridgehead atoms. The molecular weight excluding hydrogens is 318 g/mol. The van der Waals surface area contributed by atoms with Crippen LogP contribution in [0, 0.1) is 5.92 Å². The van der Waals surface area contributed by atoms with E-state index in [9.17, 15) is 14.7 Å². The van der Waals surface area contributed by atoms with E-state index < -0.39 is 18.1 Å². The van der Waals surface area contributed by atoms with Crippen LogP contribution in [0.2, 0.25) is 0 Å². The summed E-state index contributed by atoms with van der Waals surface area (Å²) in [6.07, 6.45) is 0.272. The van der Waals surface area contributed by atoms with Gasteiger partial charge in [-0.3, -0.25) is 4.90 Å². The Labute approximate surface area is 144 Å². The monoisotopic (exact) mass is 335 g/mol. The molecule has 1 aliphatic heterocycles. The van der Waals surface area contributed by atoms with E-state index in [2.05, 4.69) is 24.3 Å². The zero-order valence-corrected chi connectivity index (χ0v) is 13.5. The standard InChI is InChI=1S/C20H17NO4/c22-19(23)18-15-9-17(15)21(18)20(24)25-10-16-13-7-3-1-5-11(13)12-6-2-4-8-14(12)16/h1-8,15-18H,9-10H2,(H,22,23)/t15-,17+,18+/m1/s1. The van der Waals surface area contributed by atoms with E-state index in [-0.39, 0.29) is 24.5 Å². The molecule has 3 atom stereocenters. The highest BCUT2D eigenvalue weighted by Gasteiger charge is 2.66. The number of carbonyl (C=O) groups excluding carboxylic acids is 1. The second-order valence-corrected chi connectivity index (χ2v) is 6.96. The van der Waals surface area contributed by atoms with Crippen LogP contribution in [0.3, 0.4) is 0 Å². The van der Waals surface area contributed by atoms with Crippen LogP contribution in [-0.2, 0) is 9.53 Å². The Morgan fingerprint density at radius 3 is 2.24 bits per heavy atom. The van der Waals surface area contributed by atoms with E-state index in [4.69, 9.17) is 4.74 Å². The minimum atomic E-state index is -0.938. The number of rotatable bonds is 3. The first-order valence-corrected chi connectivity index (χ1v) is 8.53. The maximum atomic E-state index is 12.4. The molecule has 5 nitrogen and oxygen atoms in total. The van der Waals surface area contributed by atoms with Crippen LogP contribution in [0.15, 0.2) is 48.5 Å². The molecule has 5 heteroatoms. The summed E-state index contributed by atoms with van der Waals surface area (Å²) in [7, 11) is 0. The van der Waals surface area contributed by atoms with E-state index in [1.54, 1.807) is 0 Å². The summed E-state index contributed by atoms with van der Waals surface area (Å²) in [5.74, 6) is -0.818. The summed E-state index contributed by atoms with van der Waals surface area (Å²) in [5.41, 5.74) is 4.65. The molecule has 25 heavy (non-hydrogen) atoms. The average Bonchev–Trinajstić information content (AvgIpc) is 3.17. The number of fused-ring (bicyclic) bond motifs is 4. The molecular formula is C20H17NO4. The number of aliphatic carboxylic acids is 1. The molecule has 0 radical (unpaired) electrons. The van der Waals surface area contributed by atoms with Crippen LogP contribution >= 0.6 is 0 Å². The predicted octanol–water partition coefficient (Wildman–Crippen LogP) is 3.09. The molecule has 2 aliphatic carbocycles. The molecule has 126 valence electrons. The van der Waals surface area contributed by atoms with Gasteiger partial charge in [-0.1, -0.05) is 48.5 Å². The molecule has 5 rings (SSSR count). The van der Waals surface area contributed by atoms with Crippen molar-refractivity contribution in [1.29, 1.82) is 0 Å². The second kappa shape index (κ2) is 5.09. The van der Waals surface area contributed by atoms with Gasteiger partial charge in [-0.05, 0) is 28.7 Å². The topological polar surface area (TPSA) is 66.8 Å². The number of hydrogen-bond acceptors (Lipinski definition) is 3. The number of carboxylic acids is 1. The van der Waals surface area contributed by atoms with Gasteiger partial charge in [0.2, 0.25) is 0 Å². The third-order valence-corrected chi connectivity index (χ3v) is 5.67. The Morgan fingerprint density at radius 1 is 1.04 bits per heavy atom. The first kappa shape index (κ1) is 14.5. The lowest BCUT2D eigenvalue weighted by Crippen LogP contribution is -2.56. The maximum absolute atomic E-state index is 12.4. The highest BCUT2D eigenvalue weighted by atomic mass is 16.6. The third-order valence-electron chi connectivity index (χ3n) is 5.67. The van der Waals surface area contributed by atoms with Gasteiger partial charge in [-0.15, -0.1) is 0 Å². The number of benzene rings is 2. The number of ether oxygens (including phenoxy) is 1. The van der Waals surface area contributed by atoms with Gasteiger partial charge >= 0.3 is 12.1 Å². The smallest absolute Gasteiger partial charge is 0.410 e. The summed E-state index contributed by atoms with van der Waals surface area (Å²) in [4.78, 5) is 25.1.